The quantitative estimate of drug-likeness (QED) is 0.570. The van der Waals surface area contributed by atoms with E-state index in [0.717, 1.165) is 39.1 Å². The topological polar surface area (TPSA) is 65.0 Å². The van der Waals surface area contributed by atoms with Crippen molar-refractivity contribution < 1.29 is 14.9 Å². The van der Waals surface area contributed by atoms with Gasteiger partial charge >= 0.3 is 0 Å². The molecule has 17 heavy (non-hydrogen) atoms. The molecule has 1 unspecified atom stereocenters. The van der Waals surface area contributed by atoms with E-state index in [1.807, 2.05) is 0 Å². The van der Waals surface area contributed by atoms with Gasteiger partial charge < -0.3 is 20.3 Å². The molecule has 3 N–H and O–H groups in total. The average Bonchev–Trinajstić information content (AvgIpc) is 2.29. The van der Waals surface area contributed by atoms with Gasteiger partial charge in [-0.1, -0.05) is 0 Å². The Morgan fingerprint density at radius 3 is 2.53 bits per heavy atom. The average molecular weight is 244 g/mol. The van der Waals surface area contributed by atoms with E-state index in [4.69, 9.17) is 4.74 Å². The number of ether oxygens (including phenoxy) is 1. The van der Waals surface area contributed by atoms with Crippen LogP contribution in [0.15, 0.2) is 0 Å². The third-order valence-corrected chi connectivity index (χ3v) is 3.90. The first-order chi connectivity index (χ1) is 8.24. The van der Waals surface area contributed by atoms with Crippen LogP contribution in [-0.4, -0.2) is 72.8 Å². The van der Waals surface area contributed by atoms with E-state index in [1.54, 1.807) is 0 Å². The molecular formula is C12H24N2O3. The van der Waals surface area contributed by atoms with Gasteiger partial charge in [0.1, 0.15) is 0 Å². The van der Waals surface area contributed by atoms with Crippen molar-refractivity contribution in [3.8, 4) is 0 Å². The maximum absolute atomic E-state index is 9.95. The van der Waals surface area contributed by atoms with Crippen LogP contribution >= 0.6 is 0 Å². The van der Waals surface area contributed by atoms with Gasteiger partial charge in [-0.05, 0) is 19.3 Å². The third kappa shape index (κ3) is 3.63. The highest BCUT2D eigenvalue weighted by atomic mass is 16.5. The van der Waals surface area contributed by atoms with Crippen LogP contribution in [-0.2, 0) is 4.74 Å². The summed E-state index contributed by atoms with van der Waals surface area (Å²) in [6, 6.07) is 0. The molecule has 0 aromatic rings. The fourth-order valence-electron chi connectivity index (χ4n) is 2.47. The molecule has 2 aliphatic rings. The second-order valence-electron chi connectivity index (χ2n) is 5.24. The van der Waals surface area contributed by atoms with Gasteiger partial charge in [0.2, 0.25) is 0 Å². The van der Waals surface area contributed by atoms with Crippen molar-refractivity contribution >= 4 is 0 Å². The largest absolute Gasteiger partial charge is 0.394 e. The van der Waals surface area contributed by atoms with E-state index < -0.39 is 0 Å². The SMILES string of the molecule is OCC1(NCC(O)CN2CCOCC2)CCC1. The van der Waals surface area contributed by atoms with Gasteiger partial charge in [0.05, 0.1) is 25.9 Å². The van der Waals surface area contributed by atoms with Gasteiger partial charge in [0.25, 0.3) is 0 Å². The molecule has 1 aliphatic carbocycles. The minimum Gasteiger partial charge on any atom is -0.394 e. The van der Waals surface area contributed by atoms with Crippen molar-refractivity contribution in [2.24, 2.45) is 0 Å². The van der Waals surface area contributed by atoms with E-state index in [2.05, 4.69) is 10.2 Å². The number of hydrogen-bond acceptors (Lipinski definition) is 5. The number of morpholine rings is 1. The maximum Gasteiger partial charge on any atom is 0.0791 e. The summed E-state index contributed by atoms with van der Waals surface area (Å²) >= 11 is 0. The standard InChI is InChI=1S/C12H24N2O3/c15-10-12(2-1-3-12)13-8-11(16)9-14-4-6-17-7-5-14/h11,13,15-16H,1-10H2. The van der Waals surface area contributed by atoms with Gasteiger partial charge in [-0.3, -0.25) is 4.90 Å². The number of hydrogen-bond donors (Lipinski definition) is 3. The number of nitrogens with zero attached hydrogens (tertiary/aromatic N) is 1. The van der Waals surface area contributed by atoms with Crippen molar-refractivity contribution in [1.29, 1.82) is 0 Å². The molecule has 1 saturated carbocycles. The molecule has 0 amide bonds. The molecule has 0 radical (unpaired) electrons. The zero-order valence-electron chi connectivity index (χ0n) is 10.4. The molecule has 1 saturated heterocycles. The fraction of sp³-hybridized carbons (Fsp3) is 1.00. The monoisotopic (exact) mass is 244 g/mol. The third-order valence-electron chi connectivity index (χ3n) is 3.90. The number of β-amino-alcohol motifs (C(OH)–C–C–N with tert-alkyl or cyclic N) is 1. The molecule has 5 heteroatoms. The highest BCUT2D eigenvalue weighted by Crippen LogP contribution is 2.30. The van der Waals surface area contributed by atoms with Crippen LogP contribution in [0.4, 0.5) is 0 Å². The molecule has 0 aromatic heterocycles. The Hall–Kier alpha value is -0.200. The Morgan fingerprint density at radius 1 is 1.29 bits per heavy atom. The molecule has 5 nitrogen and oxygen atoms in total. The molecule has 1 heterocycles. The van der Waals surface area contributed by atoms with Crippen LogP contribution < -0.4 is 5.32 Å². The lowest BCUT2D eigenvalue weighted by Crippen LogP contribution is -2.56. The minimum atomic E-state index is -0.364. The van der Waals surface area contributed by atoms with Gasteiger partial charge in [0, 0.05) is 31.7 Å². The van der Waals surface area contributed by atoms with Crippen LogP contribution in [0.5, 0.6) is 0 Å². The number of aliphatic hydroxyl groups excluding tert-OH is 2. The molecule has 0 aromatic carbocycles. The lowest BCUT2D eigenvalue weighted by molar-refractivity contribution is 0.00889. The number of rotatable bonds is 6. The van der Waals surface area contributed by atoms with E-state index in [0.29, 0.717) is 13.1 Å². The zero-order valence-corrected chi connectivity index (χ0v) is 10.4. The predicted molar refractivity (Wildman–Crippen MR) is 64.9 cm³/mol. The van der Waals surface area contributed by atoms with Crippen molar-refractivity contribution in [2.45, 2.75) is 30.9 Å². The molecule has 2 fully saturated rings. The summed E-state index contributed by atoms with van der Waals surface area (Å²) in [5.41, 5.74) is -0.105. The highest BCUT2D eigenvalue weighted by molar-refractivity contribution is 4.95. The predicted octanol–water partition coefficient (Wildman–Crippen LogP) is -0.816. The Bertz CT molecular complexity index is 222. The highest BCUT2D eigenvalue weighted by Gasteiger charge is 2.36. The first-order valence-corrected chi connectivity index (χ1v) is 6.58. The normalized spacial score (nSPS) is 26.5. The summed E-state index contributed by atoms with van der Waals surface area (Å²) in [6.45, 7) is 4.78. The Kier molecular flexibility index (Phi) is 4.76. The second kappa shape index (κ2) is 6.11. The number of aliphatic hydroxyl groups is 2. The Morgan fingerprint density at radius 2 is 2.00 bits per heavy atom. The summed E-state index contributed by atoms with van der Waals surface area (Å²) in [4.78, 5) is 2.22. The van der Waals surface area contributed by atoms with Crippen LogP contribution in [0.1, 0.15) is 19.3 Å². The summed E-state index contributed by atoms with van der Waals surface area (Å²) in [5.74, 6) is 0. The van der Waals surface area contributed by atoms with Crippen LogP contribution in [0.3, 0.4) is 0 Å². The fourth-order valence-corrected chi connectivity index (χ4v) is 2.47. The molecule has 1 aliphatic heterocycles. The second-order valence-corrected chi connectivity index (χ2v) is 5.24. The van der Waals surface area contributed by atoms with E-state index in [1.165, 1.54) is 6.42 Å². The lowest BCUT2D eigenvalue weighted by atomic mass is 9.77. The summed E-state index contributed by atoms with van der Waals surface area (Å²) in [5, 5.41) is 22.6. The zero-order chi connectivity index (χ0) is 12.1. The molecule has 2 rings (SSSR count). The van der Waals surface area contributed by atoms with Crippen LogP contribution in [0, 0.1) is 0 Å². The van der Waals surface area contributed by atoms with Gasteiger partial charge in [0.15, 0.2) is 0 Å². The summed E-state index contributed by atoms with van der Waals surface area (Å²) in [6.07, 6.45) is 2.85. The Balaban J connectivity index is 1.64. The first kappa shape index (κ1) is 13.2. The molecule has 100 valence electrons. The Labute approximate surface area is 103 Å². The smallest absolute Gasteiger partial charge is 0.0791 e. The molecule has 0 spiro atoms. The van der Waals surface area contributed by atoms with Crippen molar-refractivity contribution in [3.05, 3.63) is 0 Å². The number of nitrogens with one attached hydrogen (secondary N) is 1. The van der Waals surface area contributed by atoms with Crippen LogP contribution in [0.25, 0.3) is 0 Å². The van der Waals surface area contributed by atoms with Crippen molar-refractivity contribution in [3.63, 3.8) is 0 Å². The molecule has 0 bridgehead atoms. The van der Waals surface area contributed by atoms with Crippen molar-refractivity contribution in [1.82, 2.24) is 10.2 Å². The van der Waals surface area contributed by atoms with E-state index in [-0.39, 0.29) is 18.2 Å². The lowest BCUT2D eigenvalue weighted by Gasteiger charge is -2.42. The van der Waals surface area contributed by atoms with Crippen molar-refractivity contribution in [2.75, 3.05) is 46.0 Å². The van der Waals surface area contributed by atoms with Gasteiger partial charge in [-0.15, -0.1) is 0 Å². The first-order valence-electron chi connectivity index (χ1n) is 6.58. The van der Waals surface area contributed by atoms with E-state index >= 15 is 0 Å². The molecular weight excluding hydrogens is 220 g/mol. The van der Waals surface area contributed by atoms with Crippen LogP contribution in [0.2, 0.25) is 0 Å². The van der Waals surface area contributed by atoms with Gasteiger partial charge in [-0.2, -0.15) is 0 Å². The van der Waals surface area contributed by atoms with E-state index in [9.17, 15) is 10.2 Å². The summed E-state index contributed by atoms with van der Waals surface area (Å²) in [7, 11) is 0. The van der Waals surface area contributed by atoms with Gasteiger partial charge in [-0.25, -0.2) is 0 Å². The minimum absolute atomic E-state index is 0.105. The maximum atomic E-state index is 9.95. The summed E-state index contributed by atoms with van der Waals surface area (Å²) < 4.78 is 5.27. The molecule has 1 atom stereocenters.